The van der Waals surface area contributed by atoms with Gasteiger partial charge in [0.15, 0.2) is 0 Å². The van der Waals surface area contributed by atoms with Crippen LogP contribution in [0.15, 0.2) is 40.8 Å². The van der Waals surface area contributed by atoms with Gasteiger partial charge in [-0.3, -0.25) is 4.79 Å². The number of hydrogen-bond donors (Lipinski definition) is 0. The van der Waals surface area contributed by atoms with Gasteiger partial charge in [-0.1, -0.05) is 12.1 Å². The fourth-order valence-corrected chi connectivity index (χ4v) is 3.62. The lowest BCUT2D eigenvalue weighted by Gasteiger charge is -2.26. The molecule has 2 aromatic heterocycles. The molecule has 0 radical (unpaired) electrons. The number of carbonyl (C=O) groups is 1. The summed E-state index contributed by atoms with van der Waals surface area (Å²) >= 11 is 0. The van der Waals surface area contributed by atoms with E-state index < -0.39 is 36.4 Å². The van der Waals surface area contributed by atoms with Crippen LogP contribution in [0.25, 0.3) is 22.8 Å². The minimum absolute atomic E-state index is 0.154. The number of tetrazole rings is 1. The molecule has 1 aliphatic rings. The second-order valence-electron chi connectivity index (χ2n) is 7.79. The van der Waals surface area contributed by atoms with Gasteiger partial charge < -0.3 is 14.1 Å². The molecular formula is C22H17F4N7O3. The Morgan fingerprint density at radius 2 is 1.75 bits per heavy atom. The Kier molecular flexibility index (Phi) is 6.41. The van der Waals surface area contributed by atoms with Gasteiger partial charge in [0.2, 0.25) is 11.7 Å². The molecule has 0 spiro atoms. The summed E-state index contributed by atoms with van der Waals surface area (Å²) in [5, 5.41) is 18.5. The van der Waals surface area contributed by atoms with Gasteiger partial charge in [-0.05, 0) is 29.5 Å². The summed E-state index contributed by atoms with van der Waals surface area (Å²) in [6.45, 7) is 1.53. The average Bonchev–Trinajstić information content (AvgIpc) is 3.57. The zero-order valence-electron chi connectivity index (χ0n) is 18.4. The third-order valence-corrected chi connectivity index (χ3v) is 5.43. The van der Waals surface area contributed by atoms with Gasteiger partial charge in [-0.2, -0.15) is 13.6 Å². The van der Waals surface area contributed by atoms with E-state index in [1.165, 1.54) is 0 Å². The number of hydrogen-bond acceptors (Lipinski definition) is 8. The predicted octanol–water partition coefficient (Wildman–Crippen LogP) is 3.13. The van der Waals surface area contributed by atoms with Gasteiger partial charge >= 0.3 is 6.43 Å². The van der Waals surface area contributed by atoms with Crippen molar-refractivity contribution in [2.24, 2.45) is 0 Å². The molecule has 1 saturated heterocycles. The lowest BCUT2D eigenvalue weighted by molar-refractivity contribution is 0.0303. The summed E-state index contributed by atoms with van der Waals surface area (Å²) in [5.74, 6) is -3.36. The number of carbonyl (C=O) groups excluding carboxylic acids is 1. The minimum Gasteiger partial charge on any atom is -0.415 e. The van der Waals surface area contributed by atoms with Crippen LogP contribution in [0.5, 0.6) is 0 Å². The highest BCUT2D eigenvalue weighted by Crippen LogP contribution is 2.27. The van der Waals surface area contributed by atoms with Gasteiger partial charge in [0.05, 0.1) is 19.8 Å². The van der Waals surface area contributed by atoms with Gasteiger partial charge in [0, 0.05) is 35.3 Å². The lowest BCUT2D eigenvalue weighted by atomic mass is 10.1. The van der Waals surface area contributed by atoms with E-state index in [2.05, 4.69) is 25.6 Å². The normalized spacial score (nSPS) is 14.0. The van der Waals surface area contributed by atoms with E-state index in [0.29, 0.717) is 37.4 Å². The highest BCUT2D eigenvalue weighted by molar-refractivity contribution is 5.95. The number of benzene rings is 2. The maximum absolute atomic E-state index is 14.7. The first-order valence-electron chi connectivity index (χ1n) is 10.7. The van der Waals surface area contributed by atoms with Crippen LogP contribution in [-0.2, 0) is 11.3 Å². The smallest absolute Gasteiger partial charge is 0.314 e. The molecule has 1 aliphatic heterocycles. The molecule has 0 aliphatic carbocycles. The van der Waals surface area contributed by atoms with E-state index in [4.69, 9.17) is 9.15 Å². The molecule has 5 rings (SSSR count). The maximum atomic E-state index is 14.7. The molecule has 186 valence electrons. The van der Waals surface area contributed by atoms with Crippen LogP contribution in [0, 0.1) is 11.6 Å². The second-order valence-corrected chi connectivity index (χ2v) is 7.79. The molecule has 2 aromatic carbocycles. The fourth-order valence-electron chi connectivity index (χ4n) is 3.62. The third-order valence-electron chi connectivity index (χ3n) is 5.43. The zero-order valence-corrected chi connectivity index (χ0v) is 18.4. The van der Waals surface area contributed by atoms with Gasteiger partial charge in [0.1, 0.15) is 11.6 Å². The maximum Gasteiger partial charge on any atom is 0.314 e. The van der Waals surface area contributed by atoms with Gasteiger partial charge in [-0.25, -0.2) is 8.78 Å². The second kappa shape index (κ2) is 9.81. The van der Waals surface area contributed by atoms with Crippen LogP contribution in [0.3, 0.4) is 0 Å². The topological polar surface area (TPSA) is 112 Å². The van der Waals surface area contributed by atoms with Crippen LogP contribution >= 0.6 is 0 Å². The summed E-state index contributed by atoms with van der Waals surface area (Å²) in [6.07, 6.45) is -3.01. The minimum atomic E-state index is -3.01. The molecule has 14 heteroatoms. The SMILES string of the molecule is O=C(c1cccc(-c2nnn(Cc3c(F)cc(-c4nnc(C(F)F)o4)cc3F)n2)c1)N1CCOCC1. The van der Waals surface area contributed by atoms with Gasteiger partial charge in [0.25, 0.3) is 11.8 Å². The highest BCUT2D eigenvalue weighted by atomic mass is 19.3. The standard InChI is InChI=1S/C22H17F4N7O3/c23-16-9-14(20-28-29-21(36-20)18(25)26)10-17(24)15(16)11-33-30-19(27-31-33)12-2-1-3-13(8-12)22(34)32-4-6-35-7-5-32/h1-3,8-10,18H,4-7,11H2. The molecule has 0 atom stereocenters. The van der Waals surface area contributed by atoms with Crippen LogP contribution < -0.4 is 0 Å². The van der Waals surface area contributed by atoms with E-state index in [9.17, 15) is 22.4 Å². The van der Waals surface area contributed by atoms with Crippen molar-refractivity contribution in [3.63, 3.8) is 0 Å². The molecule has 3 heterocycles. The number of aromatic nitrogens is 6. The molecule has 0 bridgehead atoms. The summed E-state index contributed by atoms with van der Waals surface area (Å²) in [5.41, 5.74) is 0.368. The number of halogens is 4. The molecule has 1 fully saturated rings. The molecule has 36 heavy (non-hydrogen) atoms. The Balaban J connectivity index is 1.34. The summed E-state index contributed by atoms with van der Waals surface area (Å²) in [6, 6.07) is 8.43. The molecule has 10 nitrogen and oxygen atoms in total. The van der Waals surface area contributed by atoms with Crippen LogP contribution in [0.2, 0.25) is 0 Å². The van der Waals surface area contributed by atoms with E-state index in [-0.39, 0.29) is 22.9 Å². The molecule has 4 aromatic rings. The molecule has 0 saturated carbocycles. The van der Waals surface area contributed by atoms with Crippen LogP contribution in [-0.4, -0.2) is 67.5 Å². The number of alkyl halides is 2. The number of rotatable bonds is 6. The Morgan fingerprint density at radius 1 is 1.00 bits per heavy atom. The summed E-state index contributed by atoms with van der Waals surface area (Å²) < 4.78 is 64.6. The van der Waals surface area contributed by atoms with Crippen molar-refractivity contribution in [3.05, 3.63) is 65.1 Å². The number of morpholine rings is 1. The van der Waals surface area contributed by atoms with Crippen molar-refractivity contribution in [1.29, 1.82) is 0 Å². The zero-order chi connectivity index (χ0) is 25.2. The largest absolute Gasteiger partial charge is 0.415 e. The van der Waals surface area contributed by atoms with E-state index in [0.717, 1.165) is 16.9 Å². The molecule has 0 N–H and O–H groups in total. The van der Waals surface area contributed by atoms with Crippen LogP contribution in [0.4, 0.5) is 17.6 Å². The van der Waals surface area contributed by atoms with Crippen molar-refractivity contribution in [2.75, 3.05) is 26.3 Å². The van der Waals surface area contributed by atoms with Gasteiger partial charge in [-0.15, -0.1) is 20.4 Å². The van der Waals surface area contributed by atoms with Crippen molar-refractivity contribution >= 4 is 5.91 Å². The third kappa shape index (κ3) is 4.79. The number of nitrogens with zero attached hydrogens (tertiary/aromatic N) is 7. The van der Waals surface area contributed by atoms with E-state index in [1.807, 2.05) is 0 Å². The van der Waals surface area contributed by atoms with Crippen LogP contribution in [0.1, 0.15) is 28.2 Å². The first-order valence-corrected chi connectivity index (χ1v) is 10.7. The lowest BCUT2D eigenvalue weighted by Crippen LogP contribution is -2.40. The fraction of sp³-hybridized carbons (Fsp3) is 0.273. The molecule has 0 unspecified atom stereocenters. The van der Waals surface area contributed by atoms with E-state index in [1.54, 1.807) is 29.2 Å². The monoisotopic (exact) mass is 503 g/mol. The first-order chi connectivity index (χ1) is 17.4. The Hall–Kier alpha value is -4.20. The number of amides is 1. The van der Waals surface area contributed by atoms with Crippen molar-refractivity contribution < 1.29 is 31.5 Å². The van der Waals surface area contributed by atoms with Crippen molar-refractivity contribution in [1.82, 2.24) is 35.3 Å². The average molecular weight is 503 g/mol. The van der Waals surface area contributed by atoms with Crippen molar-refractivity contribution in [3.8, 4) is 22.8 Å². The Labute approximate surface area is 200 Å². The predicted molar refractivity (Wildman–Crippen MR) is 114 cm³/mol. The number of ether oxygens (including phenoxy) is 1. The first kappa shape index (κ1) is 23.5. The Morgan fingerprint density at radius 3 is 2.44 bits per heavy atom. The molecular weight excluding hydrogens is 486 g/mol. The van der Waals surface area contributed by atoms with E-state index >= 15 is 0 Å². The highest BCUT2D eigenvalue weighted by Gasteiger charge is 2.22. The van der Waals surface area contributed by atoms with Crippen molar-refractivity contribution in [2.45, 2.75) is 13.0 Å². The quantitative estimate of drug-likeness (QED) is 0.369. The Bertz CT molecular complexity index is 1380. The summed E-state index contributed by atoms with van der Waals surface area (Å²) in [7, 11) is 0. The summed E-state index contributed by atoms with van der Waals surface area (Å²) in [4.78, 5) is 15.4. The molecule has 1 amide bonds.